The Hall–Kier alpha value is -2.91. The highest BCUT2D eigenvalue weighted by Crippen LogP contribution is 2.19. The number of benzene rings is 1. The van der Waals surface area contributed by atoms with Crippen LogP contribution in [-0.2, 0) is 14.3 Å². The van der Waals surface area contributed by atoms with Crippen LogP contribution >= 0.6 is 11.3 Å². The van der Waals surface area contributed by atoms with Crippen LogP contribution < -0.4 is 15.5 Å². The summed E-state index contributed by atoms with van der Waals surface area (Å²) < 4.78 is 5.35. The second-order valence-corrected chi connectivity index (χ2v) is 7.55. The van der Waals surface area contributed by atoms with Crippen molar-refractivity contribution in [3.05, 3.63) is 46.7 Å². The summed E-state index contributed by atoms with van der Waals surface area (Å²) in [4.78, 5) is 40.3. The molecule has 2 heterocycles. The Labute approximate surface area is 173 Å². The predicted molar refractivity (Wildman–Crippen MR) is 112 cm³/mol. The number of rotatable bonds is 7. The van der Waals surface area contributed by atoms with Crippen molar-refractivity contribution in [2.45, 2.75) is 0 Å². The van der Waals surface area contributed by atoms with Crippen molar-refractivity contribution >= 4 is 40.4 Å². The Morgan fingerprint density at radius 2 is 1.86 bits per heavy atom. The highest BCUT2D eigenvalue weighted by atomic mass is 32.1. The monoisotopic (exact) mass is 416 g/mol. The van der Waals surface area contributed by atoms with Crippen molar-refractivity contribution < 1.29 is 19.1 Å². The van der Waals surface area contributed by atoms with Crippen molar-refractivity contribution in [2.24, 2.45) is 0 Å². The molecule has 0 radical (unpaired) electrons. The molecular formula is C20H24N4O4S. The summed E-state index contributed by atoms with van der Waals surface area (Å²) in [6.45, 7) is 2.87. The molecule has 0 spiro atoms. The van der Waals surface area contributed by atoms with E-state index >= 15 is 0 Å². The van der Waals surface area contributed by atoms with Crippen LogP contribution in [0.4, 0.5) is 11.4 Å². The fourth-order valence-electron chi connectivity index (χ4n) is 2.87. The van der Waals surface area contributed by atoms with Crippen molar-refractivity contribution in [1.29, 1.82) is 0 Å². The van der Waals surface area contributed by atoms with E-state index in [1.54, 1.807) is 17.5 Å². The molecule has 1 aromatic carbocycles. The van der Waals surface area contributed by atoms with Crippen LogP contribution in [0.2, 0.25) is 0 Å². The zero-order chi connectivity index (χ0) is 20.6. The maximum Gasteiger partial charge on any atom is 0.261 e. The van der Waals surface area contributed by atoms with E-state index in [9.17, 15) is 14.4 Å². The number of ether oxygens (including phenoxy) is 1. The third kappa shape index (κ3) is 6.03. The smallest absolute Gasteiger partial charge is 0.261 e. The van der Waals surface area contributed by atoms with Gasteiger partial charge in [0, 0.05) is 31.5 Å². The number of morpholine rings is 1. The number of anilines is 2. The maximum absolute atomic E-state index is 12.2. The molecule has 1 fully saturated rings. The average molecular weight is 417 g/mol. The fourth-order valence-corrected chi connectivity index (χ4v) is 3.51. The second kappa shape index (κ2) is 10.0. The molecule has 0 saturated carbocycles. The van der Waals surface area contributed by atoms with Crippen LogP contribution in [-0.4, -0.2) is 69.1 Å². The van der Waals surface area contributed by atoms with E-state index in [1.807, 2.05) is 24.3 Å². The third-order valence-electron chi connectivity index (χ3n) is 4.48. The summed E-state index contributed by atoms with van der Waals surface area (Å²) in [5.41, 5.74) is 1.75. The van der Waals surface area contributed by atoms with E-state index < -0.39 is 0 Å². The number of carbonyl (C=O) groups excluding carboxylic acids is 3. The number of hydrogen-bond acceptors (Lipinski definition) is 6. The molecule has 1 aromatic heterocycles. The Bertz CT molecular complexity index is 833. The minimum Gasteiger partial charge on any atom is -0.378 e. The van der Waals surface area contributed by atoms with Gasteiger partial charge >= 0.3 is 0 Å². The van der Waals surface area contributed by atoms with Crippen LogP contribution in [0.1, 0.15) is 9.67 Å². The van der Waals surface area contributed by atoms with Gasteiger partial charge in [-0.15, -0.1) is 11.3 Å². The van der Waals surface area contributed by atoms with Gasteiger partial charge in [-0.05, 0) is 35.7 Å². The minimum absolute atomic E-state index is 0.0983. The molecule has 2 N–H and O–H groups in total. The summed E-state index contributed by atoms with van der Waals surface area (Å²) in [5.74, 6) is -0.941. The first-order valence-corrected chi connectivity index (χ1v) is 10.2. The lowest BCUT2D eigenvalue weighted by molar-refractivity contribution is -0.132. The van der Waals surface area contributed by atoms with Gasteiger partial charge in [0.15, 0.2) is 0 Å². The van der Waals surface area contributed by atoms with Crippen molar-refractivity contribution in [2.75, 3.05) is 56.7 Å². The summed E-state index contributed by atoms with van der Waals surface area (Å²) in [5, 5.41) is 7.14. The summed E-state index contributed by atoms with van der Waals surface area (Å²) in [6.07, 6.45) is 0. The number of likely N-dealkylation sites (N-methyl/N-ethyl adjacent to an activating group) is 1. The van der Waals surface area contributed by atoms with Gasteiger partial charge in [-0.3, -0.25) is 14.4 Å². The highest BCUT2D eigenvalue weighted by molar-refractivity contribution is 7.12. The highest BCUT2D eigenvalue weighted by Gasteiger charge is 2.15. The molecule has 1 aliphatic heterocycles. The zero-order valence-electron chi connectivity index (χ0n) is 16.2. The second-order valence-electron chi connectivity index (χ2n) is 6.60. The number of nitrogens with zero attached hydrogens (tertiary/aromatic N) is 2. The lowest BCUT2D eigenvalue weighted by atomic mass is 10.2. The largest absolute Gasteiger partial charge is 0.378 e. The maximum atomic E-state index is 12.2. The molecule has 29 heavy (non-hydrogen) atoms. The van der Waals surface area contributed by atoms with Crippen LogP contribution in [0.5, 0.6) is 0 Å². The molecule has 3 rings (SSSR count). The van der Waals surface area contributed by atoms with Gasteiger partial charge in [0.25, 0.3) is 5.91 Å². The van der Waals surface area contributed by atoms with E-state index in [0.717, 1.165) is 18.8 Å². The number of thiophene rings is 1. The van der Waals surface area contributed by atoms with Gasteiger partial charge in [0.1, 0.15) is 0 Å². The van der Waals surface area contributed by atoms with Crippen LogP contribution in [0.3, 0.4) is 0 Å². The topological polar surface area (TPSA) is 91.0 Å². The third-order valence-corrected chi connectivity index (χ3v) is 5.35. The van der Waals surface area contributed by atoms with E-state index in [4.69, 9.17) is 4.74 Å². The molecule has 8 nitrogen and oxygen atoms in total. The first-order valence-electron chi connectivity index (χ1n) is 9.31. The number of carbonyl (C=O) groups is 3. The van der Waals surface area contributed by atoms with Crippen molar-refractivity contribution in [3.63, 3.8) is 0 Å². The first-order chi connectivity index (χ1) is 14.0. The summed E-state index contributed by atoms with van der Waals surface area (Å²) in [6, 6.07) is 11.0. The van der Waals surface area contributed by atoms with Gasteiger partial charge in [-0.1, -0.05) is 6.07 Å². The Morgan fingerprint density at radius 1 is 1.14 bits per heavy atom. The average Bonchev–Trinajstić information content (AvgIpc) is 3.28. The number of nitrogens with one attached hydrogen (secondary N) is 2. The molecule has 154 valence electrons. The lowest BCUT2D eigenvalue weighted by Crippen LogP contribution is -2.41. The molecule has 9 heteroatoms. The van der Waals surface area contributed by atoms with Crippen molar-refractivity contribution in [1.82, 2.24) is 10.2 Å². The quantitative estimate of drug-likeness (QED) is 0.712. The fraction of sp³-hybridized carbons (Fsp3) is 0.350. The van der Waals surface area contributed by atoms with E-state index in [-0.39, 0.29) is 30.8 Å². The summed E-state index contributed by atoms with van der Waals surface area (Å²) in [7, 11) is 1.53. The van der Waals surface area contributed by atoms with Gasteiger partial charge in [-0.2, -0.15) is 0 Å². The van der Waals surface area contributed by atoms with E-state index in [0.29, 0.717) is 23.8 Å². The molecule has 0 atom stereocenters. The molecule has 1 aliphatic rings. The number of amides is 3. The van der Waals surface area contributed by atoms with Crippen LogP contribution in [0.15, 0.2) is 41.8 Å². The molecule has 1 saturated heterocycles. The Morgan fingerprint density at radius 3 is 2.52 bits per heavy atom. The van der Waals surface area contributed by atoms with Gasteiger partial charge in [0.2, 0.25) is 11.8 Å². The van der Waals surface area contributed by atoms with Crippen molar-refractivity contribution in [3.8, 4) is 0 Å². The molecule has 0 aliphatic carbocycles. The standard InChI is InChI=1S/C20H24N4O4S/c1-23(19(26)13-21-20(27)17-3-2-12-29-17)14-18(25)22-15-4-6-16(7-5-15)24-8-10-28-11-9-24/h2-7,12H,8-11,13-14H2,1H3,(H,21,27)(H,22,25). The Balaban J connectivity index is 1.43. The normalized spacial score (nSPS) is 13.6. The minimum atomic E-state index is -0.340. The van der Waals surface area contributed by atoms with Gasteiger partial charge < -0.3 is 25.2 Å². The van der Waals surface area contributed by atoms with Gasteiger partial charge in [-0.25, -0.2) is 0 Å². The molecule has 0 bridgehead atoms. The van der Waals surface area contributed by atoms with E-state index in [1.165, 1.54) is 23.3 Å². The summed E-state index contributed by atoms with van der Waals surface area (Å²) >= 11 is 1.30. The Kier molecular flexibility index (Phi) is 7.20. The predicted octanol–water partition coefficient (Wildman–Crippen LogP) is 1.41. The van der Waals surface area contributed by atoms with Gasteiger partial charge in [0.05, 0.1) is 31.2 Å². The lowest BCUT2D eigenvalue weighted by Gasteiger charge is -2.28. The van der Waals surface area contributed by atoms with Crippen LogP contribution in [0, 0.1) is 0 Å². The van der Waals surface area contributed by atoms with E-state index in [2.05, 4.69) is 15.5 Å². The SMILES string of the molecule is CN(CC(=O)Nc1ccc(N2CCOCC2)cc1)C(=O)CNC(=O)c1cccs1. The molecular weight excluding hydrogens is 392 g/mol. The van der Waals surface area contributed by atoms with Crippen LogP contribution in [0.25, 0.3) is 0 Å². The molecule has 2 aromatic rings. The molecule has 3 amide bonds. The molecule has 0 unspecified atom stereocenters. The first kappa shape index (κ1) is 20.8. The number of hydrogen-bond donors (Lipinski definition) is 2. The zero-order valence-corrected chi connectivity index (χ0v) is 17.0.